The first-order valence-corrected chi connectivity index (χ1v) is 5.81. The number of aryl methyl sites for hydroxylation is 1. The highest BCUT2D eigenvalue weighted by molar-refractivity contribution is 5.80. The first kappa shape index (κ1) is 12.6. The van der Waals surface area contributed by atoms with Crippen molar-refractivity contribution in [2.75, 3.05) is 20.3 Å². The summed E-state index contributed by atoms with van der Waals surface area (Å²) in [5.41, 5.74) is 2.44. The van der Waals surface area contributed by atoms with Gasteiger partial charge in [0, 0.05) is 20.6 Å². The van der Waals surface area contributed by atoms with E-state index in [1.807, 2.05) is 18.2 Å². The molecule has 1 N–H and O–H groups in total. The molecular formula is C13H16N2O3. The molecule has 1 heterocycles. The molecule has 2 aromatic rings. The van der Waals surface area contributed by atoms with E-state index in [1.165, 1.54) is 0 Å². The number of benzene rings is 1. The molecule has 5 nitrogen and oxygen atoms in total. The van der Waals surface area contributed by atoms with Gasteiger partial charge in [-0.15, -0.1) is 0 Å². The van der Waals surface area contributed by atoms with E-state index in [-0.39, 0.29) is 5.91 Å². The largest absolute Gasteiger partial charge is 0.441 e. The molecule has 1 aromatic carbocycles. The van der Waals surface area contributed by atoms with Crippen LogP contribution in [0.1, 0.15) is 11.5 Å². The monoisotopic (exact) mass is 248 g/mol. The zero-order valence-corrected chi connectivity index (χ0v) is 10.5. The standard InChI is InChI=1S/C13H16N2O3/c1-9-15-11-4-3-10(7-12(11)18-9)8-13(16)14-5-6-17-2/h3-4,7H,5-6,8H2,1-2H3,(H,14,16). The van der Waals surface area contributed by atoms with E-state index in [9.17, 15) is 4.79 Å². The molecule has 0 aliphatic carbocycles. The first-order valence-electron chi connectivity index (χ1n) is 5.81. The number of nitrogens with zero attached hydrogens (tertiary/aromatic N) is 1. The summed E-state index contributed by atoms with van der Waals surface area (Å²) in [6, 6.07) is 5.61. The number of nitrogens with one attached hydrogen (secondary N) is 1. The van der Waals surface area contributed by atoms with Crippen LogP contribution in [0, 0.1) is 6.92 Å². The highest BCUT2D eigenvalue weighted by atomic mass is 16.5. The number of fused-ring (bicyclic) bond motifs is 1. The van der Waals surface area contributed by atoms with Gasteiger partial charge in [0.05, 0.1) is 13.0 Å². The summed E-state index contributed by atoms with van der Waals surface area (Å²) in [6.07, 6.45) is 0.333. The third-order valence-corrected chi connectivity index (χ3v) is 2.55. The maximum Gasteiger partial charge on any atom is 0.224 e. The maximum atomic E-state index is 11.6. The number of hydrogen-bond donors (Lipinski definition) is 1. The predicted octanol–water partition coefficient (Wildman–Crippen LogP) is 1.44. The van der Waals surface area contributed by atoms with Gasteiger partial charge >= 0.3 is 0 Å². The van der Waals surface area contributed by atoms with Gasteiger partial charge in [0.1, 0.15) is 5.52 Å². The minimum atomic E-state index is -0.0253. The molecule has 0 saturated carbocycles. The molecule has 0 aliphatic heterocycles. The molecule has 0 unspecified atom stereocenters. The zero-order chi connectivity index (χ0) is 13.0. The molecule has 0 spiro atoms. The second-order valence-electron chi connectivity index (χ2n) is 4.05. The summed E-state index contributed by atoms with van der Waals surface area (Å²) >= 11 is 0. The lowest BCUT2D eigenvalue weighted by Gasteiger charge is -2.04. The molecule has 0 atom stereocenters. The minimum Gasteiger partial charge on any atom is -0.441 e. The van der Waals surface area contributed by atoms with Gasteiger partial charge in [0.2, 0.25) is 5.91 Å². The molecule has 0 saturated heterocycles. The van der Waals surface area contributed by atoms with Crippen molar-refractivity contribution >= 4 is 17.0 Å². The number of carbonyl (C=O) groups is 1. The van der Waals surface area contributed by atoms with Gasteiger partial charge in [-0.05, 0) is 17.7 Å². The van der Waals surface area contributed by atoms with E-state index in [4.69, 9.17) is 9.15 Å². The smallest absolute Gasteiger partial charge is 0.224 e. The van der Waals surface area contributed by atoms with Gasteiger partial charge < -0.3 is 14.5 Å². The van der Waals surface area contributed by atoms with Crippen molar-refractivity contribution in [2.45, 2.75) is 13.3 Å². The number of rotatable bonds is 5. The Bertz CT molecular complexity index is 548. The molecule has 1 aromatic heterocycles. The van der Waals surface area contributed by atoms with Crippen LogP contribution >= 0.6 is 0 Å². The zero-order valence-electron chi connectivity index (χ0n) is 10.5. The summed E-state index contributed by atoms with van der Waals surface area (Å²) in [5, 5.41) is 2.78. The van der Waals surface area contributed by atoms with E-state index in [0.29, 0.717) is 25.5 Å². The van der Waals surface area contributed by atoms with Crippen molar-refractivity contribution in [3.63, 3.8) is 0 Å². The number of methoxy groups -OCH3 is 1. The van der Waals surface area contributed by atoms with Crippen molar-refractivity contribution in [3.05, 3.63) is 29.7 Å². The molecule has 0 radical (unpaired) electrons. The van der Waals surface area contributed by atoms with E-state index < -0.39 is 0 Å². The second kappa shape index (κ2) is 5.64. The highest BCUT2D eigenvalue weighted by Gasteiger charge is 2.06. The van der Waals surface area contributed by atoms with E-state index in [0.717, 1.165) is 16.7 Å². The summed E-state index contributed by atoms with van der Waals surface area (Å²) < 4.78 is 10.3. The molecule has 0 aliphatic rings. The summed E-state index contributed by atoms with van der Waals surface area (Å²) in [5.74, 6) is 0.606. The lowest BCUT2D eigenvalue weighted by atomic mass is 10.1. The van der Waals surface area contributed by atoms with Crippen LogP contribution in [0.3, 0.4) is 0 Å². The van der Waals surface area contributed by atoms with Crippen molar-refractivity contribution < 1.29 is 13.9 Å². The van der Waals surface area contributed by atoms with Gasteiger partial charge in [-0.3, -0.25) is 4.79 Å². The Balaban J connectivity index is 2.00. The quantitative estimate of drug-likeness (QED) is 0.813. The molecule has 96 valence electrons. The van der Waals surface area contributed by atoms with Crippen LogP contribution in [0.5, 0.6) is 0 Å². The topological polar surface area (TPSA) is 64.4 Å². The first-order chi connectivity index (χ1) is 8.69. The number of hydrogen-bond acceptors (Lipinski definition) is 4. The summed E-state index contributed by atoms with van der Waals surface area (Å²) in [4.78, 5) is 15.8. The fraction of sp³-hybridized carbons (Fsp3) is 0.385. The Kier molecular flexibility index (Phi) is 3.94. The lowest BCUT2D eigenvalue weighted by Crippen LogP contribution is -2.28. The molecule has 2 rings (SSSR count). The average molecular weight is 248 g/mol. The van der Waals surface area contributed by atoms with E-state index in [2.05, 4.69) is 10.3 Å². The van der Waals surface area contributed by atoms with Crippen molar-refractivity contribution in [3.8, 4) is 0 Å². The Morgan fingerprint density at radius 3 is 3.11 bits per heavy atom. The van der Waals surface area contributed by atoms with Crippen LogP contribution in [0.25, 0.3) is 11.1 Å². The second-order valence-corrected chi connectivity index (χ2v) is 4.05. The Morgan fingerprint density at radius 1 is 1.50 bits per heavy atom. The summed E-state index contributed by atoms with van der Waals surface area (Å²) in [7, 11) is 1.60. The van der Waals surface area contributed by atoms with Crippen LogP contribution in [0.4, 0.5) is 0 Å². The van der Waals surface area contributed by atoms with Crippen LogP contribution in [0.15, 0.2) is 22.6 Å². The SMILES string of the molecule is COCCNC(=O)Cc1ccc2nc(C)oc2c1. The maximum absolute atomic E-state index is 11.6. The van der Waals surface area contributed by atoms with E-state index >= 15 is 0 Å². The third kappa shape index (κ3) is 3.07. The molecule has 0 bridgehead atoms. The Labute approximate surface area is 105 Å². The van der Waals surface area contributed by atoms with Crippen molar-refractivity contribution in [2.24, 2.45) is 0 Å². The van der Waals surface area contributed by atoms with Gasteiger partial charge in [-0.2, -0.15) is 0 Å². The average Bonchev–Trinajstić information content (AvgIpc) is 2.69. The van der Waals surface area contributed by atoms with Gasteiger partial charge in [-0.25, -0.2) is 4.98 Å². The lowest BCUT2D eigenvalue weighted by molar-refractivity contribution is -0.120. The van der Waals surface area contributed by atoms with Crippen LogP contribution in [-0.4, -0.2) is 31.2 Å². The molecular weight excluding hydrogens is 232 g/mol. The van der Waals surface area contributed by atoms with Crippen LogP contribution in [-0.2, 0) is 16.0 Å². The predicted molar refractivity (Wildman–Crippen MR) is 67.3 cm³/mol. The van der Waals surface area contributed by atoms with Gasteiger partial charge in [0.25, 0.3) is 0 Å². The van der Waals surface area contributed by atoms with Gasteiger partial charge in [0.15, 0.2) is 11.5 Å². The minimum absolute atomic E-state index is 0.0253. The van der Waals surface area contributed by atoms with Crippen LogP contribution < -0.4 is 5.32 Å². The number of carbonyl (C=O) groups excluding carboxylic acids is 1. The number of amides is 1. The Morgan fingerprint density at radius 2 is 2.33 bits per heavy atom. The number of oxazole rings is 1. The molecule has 5 heteroatoms. The normalized spacial score (nSPS) is 10.8. The third-order valence-electron chi connectivity index (χ3n) is 2.55. The fourth-order valence-electron chi connectivity index (χ4n) is 1.73. The molecule has 18 heavy (non-hydrogen) atoms. The van der Waals surface area contributed by atoms with E-state index in [1.54, 1.807) is 14.0 Å². The molecule has 0 fully saturated rings. The van der Waals surface area contributed by atoms with Crippen molar-refractivity contribution in [1.29, 1.82) is 0 Å². The van der Waals surface area contributed by atoms with Crippen molar-refractivity contribution in [1.82, 2.24) is 10.3 Å². The Hall–Kier alpha value is -1.88. The van der Waals surface area contributed by atoms with Crippen LogP contribution in [0.2, 0.25) is 0 Å². The highest BCUT2D eigenvalue weighted by Crippen LogP contribution is 2.17. The molecule has 1 amide bonds. The number of aromatic nitrogens is 1. The number of ether oxygens (including phenoxy) is 1. The summed E-state index contributed by atoms with van der Waals surface area (Å²) in [6.45, 7) is 2.85. The van der Waals surface area contributed by atoms with Gasteiger partial charge in [-0.1, -0.05) is 6.07 Å². The fourth-order valence-corrected chi connectivity index (χ4v) is 1.73.